The Hall–Kier alpha value is -3.68. The number of aromatic nitrogens is 3. The summed E-state index contributed by atoms with van der Waals surface area (Å²) >= 11 is 0. The molecule has 0 spiro atoms. The summed E-state index contributed by atoms with van der Waals surface area (Å²) in [6.45, 7) is 0. The molecular formula is C19H16N4O4. The lowest BCUT2D eigenvalue weighted by Crippen LogP contribution is -2.19. The SMILES string of the molecule is O=C(O)Nc1cnnn1-c1ccc(-c2ccc(C3(C(=O)O)CC3)cc2)cc1. The number of hydrogen-bond donors (Lipinski definition) is 3. The zero-order valence-electron chi connectivity index (χ0n) is 14.2. The maximum absolute atomic E-state index is 11.4. The molecule has 1 heterocycles. The summed E-state index contributed by atoms with van der Waals surface area (Å²) in [4.78, 5) is 22.2. The Morgan fingerprint density at radius 1 is 0.963 bits per heavy atom. The van der Waals surface area contributed by atoms with E-state index in [-0.39, 0.29) is 5.82 Å². The number of anilines is 1. The lowest BCUT2D eigenvalue weighted by atomic mass is 9.94. The molecule has 0 aliphatic heterocycles. The van der Waals surface area contributed by atoms with Gasteiger partial charge in [-0.1, -0.05) is 41.6 Å². The summed E-state index contributed by atoms with van der Waals surface area (Å²) in [6.07, 6.45) is 1.50. The van der Waals surface area contributed by atoms with Crippen molar-refractivity contribution in [1.82, 2.24) is 15.0 Å². The minimum Gasteiger partial charge on any atom is -0.481 e. The standard InChI is InChI=1S/C19H16N4O4/c24-17(25)19(9-10-19)14-5-1-12(2-6-14)13-3-7-15(8-4-13)23-16(11-20-22-23)21-18(26)27/h1-8,11,21H,9-10H2,(H,24,25)(H,26,27). The number of aliphatic carboxylic acids is 1. The van der Waals surface area contributed by atoms with Gasteiger partial charge in [-0.05, 0) is 41.7 Å². The molecule has 0 atom stereocenters. The highest BCUT2D eigenvalue weighted by Gasteiger charge is 2.51. The van der Waals surface area contributed by atoms with E-state index in [1.165, 1.54) is 10.9 Å². The highest BCUT2D eigenvalue weighted by molar-refractivity contribution is 5.85. The number of carboxylic acid groups (broad SMARTS) is 2. The van der Waals surface area contributed by atoms with E-state index in [0.29, 0.717) is 18.5 Å². The fourth-order valence-corrected chi connectivity index (χ4v) is 3.15. The second-order valence-corrected chi connectivity index (χ2v) is 6.47. The van der Waals surface area contributed by atoms with E-state index in [1.54, 1.807) is 0 Å². The topological polar surface area (TPSA) is 117 Å². The third-order valence-corrected chi connectivity index (χ3v) is 4.83. The molecule has 8 heteroatoms. The van der Waals surface area contributed by atoms with Gasteiger partial charge in [-0.3, -0.25) is 10.1 Å². The largest absolute Gasteiger partial charge is 0.481 e. The summed E-state index contributed by atoms with van der Waals surface area (Å²) in [7, 11) is 0. The molecule has 4 rings (SSSR count). The molecule has 3 N–H and O–H groups in total. The Balaban J connectivity index is 1.57. The first-order valence-corrected chi connectivity index (χ1v) is 8.35. The predicted octanol–water partition coefficient (Wildman–Crippen LogP) is 3.14. The van der Waals surface area contributed by atoms with Crippen molar-refractivity contribution in [1.29, 1.82) is 0 Å². The zero-order valence-corrected chi connectivity index (χ0v) is 14.2. The van der Waals surface area contributed by atoms with E-state index in [9.17, 15) is 14.7 Å². The van der Waals surface area contributed by atoms with Gasteiger partial charge in [0.15, 0.2) is 5.82 Å². The molecule has 1 saturated carbocycles. The number of carbonyl (C=O) groups is 2. The van der Waals surface area contributed by atoms with Gasteiger partial charge < -0.3 is 10.2 Å². The first-order valence-electron chi connectivity index (χ1n) is 8.35. The van der Waals surface area contributed by atoms with E-state index in [0.717, 1.165) is 16.7 Å². The van der Waals surface area contributed by atoms with Crippen LogP contribution < -0.4 is 5.32 Å². The molecule has 8 nitrogen and oxygen atoms in total. The van der Waals surface area contributed by atoms with Crippen molar-refractivity contribution in [3.05, 3.63) is 60.3 Å². The number of nitrogens with one attached hydrogen (secondary N) is 1. The maximum Gasteiger partial charge on any atom is 0.410 e. The molecule has 0 saturated heterocycles. The molecule has 1 aliphatic carbocycles. The molecule has 0 unspecified atom stereocenters. The van der Waals surface area contributed by atoms with Crippen molar-refractivity contribution >= 4 is 17.9 Å². The molecule has 3 aromatic rings. The van der Waals surface area contributed by atoms with Crippen LogP contribution in [0.25, 0.3) is 16.8 Å². The summed E-state index contributed by atoms with van der Waals surface area (Å²) in [5.74, 6) is -0.513. The normalized spacial score (nSPS) is 14.5. The Morgan fingerprint density at radius 2 is 1.56 bits per heavy atom. The van der Waals surface area contributed by atoms with Gasteiger partial charge in [-0.25, -0.2) is 4.79 Å². The van der Waals surface area contributed by atoms with Crippen LogP contribution in [-0.2, 0) is 10.2 Å². The molecule has 2 aromatic carbocycles. The van der Waals surface area contributed by atoms with Gasteiger partial charge in [-0.15, -0.1) is 5.10 Å². The number of rotatable bonds is 5. The Kier molecular flexibility index (Phi) is 3.88. The highest BCUT2D eigenvalue weighted by atomic mass is 16.4. The molecule has 0 radical (unpaired) electrons. The fraction of sp³-hybridized carbons (Fsp3) is 0.158. The summed E-state index contributed by atoms with van der Waals surface area (Å²) in [5.41, 5.74) is 2.72. The van der Waals surface area contributed by atoms with Crippen LogP contribution in [0.1, 0.15) is 18.4 Å². The van der Waals surface area contributed by atoms with Crippen molar-refractivity contribution in [2.45, 2.75) is 18.3 Å². The van der Waals surface area contributed by atoms with Crippen LogP contribution in [0.3, 0.4) is 0 Å². The van der Waals surface area contributed by atoms with Crippen LogP contribution in [0.15, 0.2) is 54.7 Å². The maximum atomic E-state index is 11.4. The fourth-order valence-electron chi connectivity index (χ4n) is 3.15. The van der Waals surface area contributed by atoms with Gasteiger partial charge in [-0.2, -0.15) is 4.68 Å². The summed E-state index contributed by atoms with van der Waals surface area (Å²) < 4.78 is 1.39. The van der Waals surface area contributed by atoms with Gasteiger partial charge in [0.25, 0.3) is 0 Å². The van der Waals surface area contributed by atoms with Gasteiger partial charge in [0, 0.05) is 0 Å². The molecule has 1 aliphatic rings. The quantitative estimate of drug-likeness (QED) is 0.640. The number of amides is 1. The average Bonchev–Trinajstić information content (AvgIpc) is 3.36. The molecule has 136 valence electrons. The monoisotopic (exact) mass is 364 g/mol. The smallest absolute Gasteiger partial charge is 0.410 e. The number of hydrogen-bond acceptors (Lipinski definition) is 4. The average molecular weight is 364 g/mol. The Labute approximate surface area is 154 Å². The second-order valence-electron chi connectivity index (χ2n) is 6.47. The van der Waals surface area contributed by atoms with E-state index < -0.39 is 17.5 Å². The summed E-state index contributed by atoms with van der Waals surface area (Å²) in [5, 5.41) is 28.1. The molecule has 1 fully saturated rings. The number of carboxylic acids is 1. The van der Waals surface area contributed by atoms with Crippen molar-refractivity contribution in [3.8, 4) is 16.8 Å². The van der Waals surface area contributed by atoms with E-state index in [4.69, 9.17) is 5.11 Å². The van der Waals surface area contributed by atoms with Crippen LogP contribution in [0.5, 0.6) is 0 Å². The second kappa shape index (κ2) is 6.24. The van der Waals surface area contributed by atoms with Crippen molar-refractivity contribution in [2.75, 3.05) is 5.32 Å². The third-order valence-electron chi connectivity index (χ3n) is 4.83. The molecule has 27 heavy (non-hydrogen) atoms. The third kappa shape index (κ3) is 3.01. The van der Waals surface area contributed by atoms with Crippen LogP contribution in [0.4, 0.5) is 10.6 Å². The van der Waals surface area contributed by atoms with Crippen LogP contribution >= 0.6 is 0 Å². The van der Waals surface area contributed by atoms with E-state index in [1.807, 2.05) is 48.5 Å². The minimum atomic E-state index is -1.19. The Bertz CT molecular complexity index is 1000. The molecular weight excluding hydrogens is 348 g/mol. The van der Waals surface area contributed by atoms with Gasteiger partial charge in [0.1, 0.15) is 0 Å². The van der Waals surface area contributed by atoms with Crippen molar-refractivity contribution in [3.63, 3.8) is 0 Å². The Morgan fingerprint density at radius 3 is 2.07 bits per heavy atom. The van der Waals surface area contributed by atoms with Gasteiger partial charge >= 0.3 is 12.1 Å². The first-order chi connectivity index (χ1) is 13.0. The zero-order chi connectivity index (χ0) is 19.0. The van der Waals surface area contributed by atoms with Crippen molar-refractivity contribution in [2.24, 2.45) is 0 Å². The molecule has 1 amide bonds. The van der Waals surface area contributed by atoms with Crippen LogP contribution in [0.2, 0.25) is 0 Å². The highest BCUT2D eigenvalue weighted by Crippen LogP contribution is 2.48. The van der Waals surface area contributed by atoms with Crippen molar-refractivity contribution < 1.29 is 19.8 Å². The van der Waals surface area contributed by atoms with E-state index >= 15 is 0 Å². The lowest BCUT2D eigenvalue weighted by Gasteiger charge is -2.11. The predicted molar refractivity (Wildman–Crippen MR) is 97.0 cm³/mol. The van der Waals surface area contributed by atoms with Gasteiger partial charge in [0.2, 0.25) is 0 Å². The van der Waals surface area contributed by atoms with Crippen LogP contribution in [-0.4, -0.2) is 37.3 Å². The number of benzene rings is 2. The lowest BCUT2D eigenvalue weighted by molar-refractivity contribution is -0.140. The summed E-state index contributed by atoms with van der Waals surface area (Å²) in [6, 6.07) is 15.0. The minimum absolute atomic E-state index is 0.253. The molecule has 0 bridgehead atoms. The number of nitrogens with zero attached hydrogens (tertiary/aromatic N) is 3. The molecule has 1 aromatic heterocycles. The van der Waals surface area contributed by atoms with E-state index in [2.05, 4.69) is 15.6 Å². The van der Waals surface area contributed by atoms with Crippen LogP contribution in [0, 0.1) is 0 Å². The van der Waals surface area contributed by atoms with Gasteiger partial charge in [0.05, 0.1) is 17.3 Å². The first kappa shape index (κ1) is 16.8.